The van der Waals surface area contributed by atoms with E-state index in [1.807, 2.05) is 13.8 Å². The number of rotatable bonds is 6. The minimum atomic E-state index is -0.699. The van der Waals surface area contributed by atoms with Gasteiger partial charge in [-0.25, -0.2) is 9.18 Å². The summed E-state index contributed by atoms with van der Waals surface area (Å²) in [5.41, 5.74) is -0.0467. The quantitative estimate of drug-likeness (QED) is 0.818. The Kier molecular flexibility index (Phi) is 6.73. The highest BCUT2D eigenvalue weighted by Crippen LogP contribution is 2.13. The van der Waals surface area contributed by atoms with Crippen molar-refractivity contribution in [1.82, 2.24) is 5.32 Å². The van der Waals surface area contributed by atoms with Gasteiger partial charge < -0.3 is 10.1 Å². The van der Waals surface area contributed by atoms with Crippen LogP contribution in [0.1, 0.15) is 46.6 Å². The number of halogens is 1. The van der Waals surface area contributed by atoms with Gasteiger partial charge in [-0.1, -0.05) is 26.0 Å². The third kappa shape index (κ3) is 7.77. The molecule has 0 bridgehead atoms. The molecule has 0 aliphatic heterocycles. The van der Waals surface area contributed by atoms with E-state index >= 15 is 0 Å². The highest BCUT2D eigenvalue weighted by molar-refractivity contribution is 5.85. The third-order valence-electron chi connectivity index (χ3n) is 2.99. The Balaban J connectivity index is 2.72. The normalized spacial score (nSPS) is 12.8. The number of ether oxygens (including phenoxy) is 1. The average Bonchev–Trinajstić information content (AvgIpc) is 2.35. The van der Waals surface area contributed by atoms with Crippen molar-refractivity contribution in [2.45, 2.75) is 59.1 Å². The fraction of sp³-hybridized carbons (Fsp3) is 0.556. The highest BCUT2D eigenvalue weighted by Gasteiger charge is 2.27. The summed E-state index contributed by atoms with van der Waals surface area (Å²) in [6.45, 7) is 9.29. The number of hydrogen-bond acceptors (Lipinski definition) is 3. The lowest BCUT2D eigenvalue weighted by Crippen LogP contribution is -2.45. The molecular formula is C18H26FNO3. The topological polar surface area (TPSA) is 55.4 Å². The number of amides is 1. The van der Waals surface area contributed by atoms with E-state index in [1.165, 1.54) is 12.1 Å². The maximum absolute atomic E-state index is 13.2. The lowest BCUT2D eigenvalue weighted by atomic mass is 10.0. The lowest BCUT2D eigenvalue weighted by molar-refractivity contribution is -0.159. The summed E-state index contributed by atoms with van der Waals surface area (Å²) in [6.07, 6.45) is 0.513. The van der Waals surface area contributed by atoms with Crippen LogP contribution in [0.15, 0.2) is 24.3 Å². The van der Waals surface area contributed by atoms with Gasteiger partial charge in [-0.2, -0.15) is 0 Å². The molecular weight excluding hydrogens is 297 g/mol. The largest absolute Gasteiger partial charge is 0.458 e. The molecule has 1 amide bonds. The molecule has 0 spiro atoms. The minimum Gasteiger partial charge on any atom is -0.458 e. The Labute approximate surface area is 137 Å². The number of benzene rings is 1. The molecule has 0 aromatic heterocycles. The zero-order valence-corrected chi connectivity index (χ0v) is 14.5. The van der Waals surface area contributed by atoms with Gasteiger partial charge in [0.25, 0.3) is 0 Å². The Bertz CT molecular complexity index is 549. The molecule has 0 unspecified atom stereocenters. The standard InChI is InChI=1S/C18H26FNO3/c1-12(2)9-15(17(22)23-18(3,4)5)20-16(21)11-13-7-6-8-14(19)10-13/h6-8,10,12,15H,9,11H2,1-5H3,(H,20,21)/t15-/m0/s1. The van der Waals surface area contributed by atoms with Crippen molar-refractivity contribution >= 4 is 11.9 Å². The average molecular weight is 323 g/mol. The Morgan fingerprint density at radius 1 is 1.26 bits per heavy atom. The Morgan fingerprint density at radius 2 is 1.91 bits per heavy atom. The molecule has 1 rings (SSSR count). The molecule has 0 radical (unpaired) electrons. The molecule has 0 aliphatic carbocycles. The molecule has 1 atom stereocenters. The molecule has 128 valence electrons. The van der Waals surface area contributed by atoms with Gasteiger partial charge in [0.1, 0.15) is 17.5 Å². The molecule has 1 aromatic rings. The second-order valence-electron chi connectivity index (χ2n) is 7.09. The van der Waals surface area contributed by atoms with Gasteiger partial charge in [0, 0.05) is 0 Å². The molecule has 1 aromatic carbocycles. The Morgan fingerprint density at radius 3 is 2.43 bits per heavy atom. The molecule has 0 aliphatic rings. The molecule has 0 fully saturated rings. The van der Waals surface area contributed by atoms with Crippen molar-refractivity contribution in [2.24, 2.45) is 5.92 Å². The molecule has 1 N–H and O–H groups in total. The van der Waals surface area contributed by atoms with Crippen LogP contribution in [0.5, 0.6) is 0 Å². The van der Waals surface area contributed by atoms with Gasteiger partial charge in [-0.15, -0.1) is 0 Å². The molecule has 0 saturated heterocycles. The van der Waals surface area contributed by atoms with Crippen LogP contribution in [0.25, 0.3) is 0 Å². The zero-order valence-electron chi connectivity index (χ0n) is 14.5. The van der Waals surface area contributed by atoms with Crippen molar-refractivity contribution in [3.8, 4) is 0 Å². The summed E-state index contributed by atoms with van der Waals surface area (Å²) in [5.74, 6) is -0.936. The summed E-state index contributed by atoms with van der Waals surface area (Å²) < 4.78 is 18.5. The van der Waals surface area contributed by atoms with Crippen LogP contribution in [-0.2, 0) is 20.7 Å². The van der Waals surface area contributed by atoms with Crippen molar-refractivity contribution in [3.05, 3.63) is 35.6 Å². The molecule has 0 heterocycles. The van der Waals surface area contributed by atoms with Crippen molar-refractivity contribution in [2.75, 3.05) is 0 Å². The highest BCUT2D eigenvalue weighted by atomic mass is 19.1. The fourth-order valence-corrected chi connectivity index (χ4v) is 2.14. The van der Waals surface area contributed by atoms with Crippen LogP contribution < -0.4 is 5.32 Å². The predicted molar refractivity (Wildman–Crippen MR) is 87.3 cm³/mol. The van der Waals surface area contributed by atoms with E-state index in [4.69, 9.17) is 4.74 Å². The van der Waals surface area contributed by atoms with Crippen LogP contribution in [-0.4, -0.2) is 23.5 Å². The van der Waals surface area contributed by atoms with Crippen LogP contribution in [0, 0.1) is 11.7 Å². The summed E-state index contributed by atoms with van der Waals surface area (Å²) in [7, 11) is 0. The van der Waals surface area contributed by atoms with Crippen LogP contribution in [0.3, 0.4) is 0 Å². The Hall–Kier alpha value is -1.91. The van der Waals surface area contributed by atoms with Crippen LogP contribution in [0.2, 0.25) is 0 Å². The summed E-state index contributed by atoms with van der Waals surface area (Å²) in [4.78, 5) is 24.4. The SMILES string of the molecule is CC(C)C[C@H](NC(=O)Cc1cccc(F)c1)C(=O)OC(C)(C)C. The van der Waals surface area contributed by atoms with Crippen LogP contribution in [0.4, 0.5) is 4.39 Å². The van der Waals surface area contributed by atoms with Gasteiger partial charge in [-0.05, 0) is 50.8 Å². The van der Waals surface area contributed by atoms with E-state index in [-0.39, 0.29) is 24.1 Å². The smallest absolute Gasteiger partial charge is 0.329 e. The maximum Gasteiger partial charge on any atom is 0.329 e. The summed E-state index contributed by atoms with van der Waals surface area (Å²) >= 11 is 0. The predicted octanol–water partition coefficient (Wildman–Crippen LogP) is 3.24. The minimum absolute atomic E-state index is 0.0230. The second-order valence-corrected chi connectivity index (χ2v) is 7.09. The number of esters is 1. The van der Waals surface area contributed by atoms with Crippen molar-refractivity contribution in [3.63, 3.8) is 0 Å². The second kappa shape index (κ2) is 8.09. The first-order chi connectivity index (χ1) is 10.6. The van der Waals surface area contributed by atoms with Crippen molar-refractivity contribution in [1.29, 1.82) is 0 Å². The maximum atomic E-state index is 13.2. The van der Waals surface area contributed by atoms with Gasteiger partial charge in [0.05, 0.1) is 6.42 Å². The first kappa shape index (κ1) is 19.1. The van der Waals surface area contributed by atoms with Gasteiger partial charge in [0.15, 0.2) is 0 Å². The van der Waals surface area contributed by atoms with E-state index in [1.54, 1.807) is 32.9 Å². The van der Waals surface area contributed by atoms with E-state index in [0.717, 1.165) is 0 Å². The monoisotopic (exact) mass is 323 g/mol. The van der Waals surface area contributed by atoms with E-state index < -0.39 is 17.6 Å². The number of hydrogen-bond donors (Lipinski definition) is 1. The first-order valence-electron chi connectivity index (χ1n) is 7.83. The third-order valence-corrected chi connectivity index (χ3v) is 2.99. The molecule has 0 saturated carbocycles. The molecule has 5 heteroatoms. The van der Waals surface area contributed by atoms with E-state index in [2.05, 4.69) is 5.32 Å². The van der Waals surface area contributed by atoms with Gasteiger partial charge in [0.2, 0.25) is 5.91 Å². The van der Waals surface area contributed by atoms with Gasteiger partial charge >= 0.3 is 5.97 Å². The van der Waals surface area contributed by atoms with E-state index in [9.17, 15) is 14.0 Å². The fourth-order valence-electron chi connectivity index (χ4n) is 2.14. The summed E-state index contributed by atoms with van der Waals surface area (Å²) in [6, 6.07) is 5.16. The number of carbonyl (C=O) groups is 2. The van der Waals surface area contributed by atoms with E-state index in [0.29, 0.717) is 12.0 Å². The van der Waals surface area contributed by atoms with Gasteiger partial charge in [-0.3, -0.25) is 4.79 Å². The van der Waals surface area contributed by atoms with Crippen molar-refractivity contribution < 1.29 is 18.7 Å². The first-order valence-corrected chi connectivity index (χ1v) is 7.83. The number of carbonyl (C=O) groups excluding carboxylic acids is 2. The summed E-state index contributed by atoms with van der Waals surface area (Å²) in [5, 5.41) is 2.70. The molecule has 4 nitrogen and oxygen atoms in total. The molecule has 23 heavy (non-hydrogen) atoms. The lowest BCUT2D eigenvalue weighted by Gasteiger charge is -2.25. The zero-order chi connectivity index (χ0) is 17.6. The van der Waals surface area contributed by atoms with Crippen LogP contribution >= 0.6 is 0 Å². The number of nitrogens with one attached hydrogen (secondary N) is 1.